The Hall–Kier alpha value is -1.74. The van der Waals surface area contributed by atoms with Crippen molar-refractivity contribution in [3.05, 3.63) is 35.4 Å². The molecule has 1 aromatic rings. The molecular weight excluding hydrogens is 276 g/mol. The Balaban J connectivity index is 2.61. The number of allylic oxidation sites excluding steroid dienone is 2. The molecule has 3 nitrogen and oxygen atoms in total. The lowest BCUT2D eigenvalue weighted by molar-refractivity contribution is 0.157. The SMILES string of the molecule is CCOc1cc2c(cc1/C(=C/CO)CC)C(C)=CC(C)(C)O2. The van der Waals surface area contributed by atoms with Crippen LogP contribution < -0.4 is 9.47 Å². The van der Waals surface area contributed by atoms with E-state index >= 15 is 0 Å². The van der Waals surface area contributed by atoms with Crippen molar-refractivity contribution >= 4 is 11.1 Å². The molecule has 0 radical (unpaired) electrons. The molecule has 0 fully saturated rings. The monoisotopic (exact) mass is 302 g/mol. The summed E-state index contributed by atoms with van der Waals surface area (Å²) < 4.78 is 11.9. The highest BCUT2D eigenvalue weighted by molar-refractivity contribution is 5.80. The molecule has 3 heteroatoms. The minimum atomic E-state index is -0.309. The van der Waals surface area contributed by atoms with Crippen molar-refractivity contribution in [3.63, 3.8) is 0 Å². The minimum absolute atomic E-state index is 0.0319. The second-order valence-electron chi connectivity index (χ2n) is 6.08. The quantitative estimate of drug-likeness (QED) is 0.873. The highest BCUT2D eigenvalue weighted by atomic mass is 16.5. The van der Waals surface area contributed by atoms with E-state index < -0.39 is 0 Å². The fourth-order valence-corrected chi connectivity index (χ4v) is 2.95. The third-order valence-corrected chi connectivity index (χ3v) is 3.81. The summed E-state index contributed by atoms with van der Waals surface area (Å²) in [6.45, 7) is 10.9. The first kappa shape index (κ1) is 16.6. The van der Waals surface area contributed by atoms with E-state index in [0.29, 0.717) is 6.61 Å². The van der Waals surface area contributed by atoms with Crippen molar-refractivity contribution in [3.8, 4) is 11.5 Å². The lowest BCUT2D eigenvalue weighted by Crippen LogP contribution is -2.28. The molecule has 22 heavy (non-hydrogen) atoms. The average Bonchev–Trinajstić information content (AvgIpc) is 2.43. The number of hydrogen-bond acceptors (Lipinski definition) is 3. The molecule has 1 aromatic carbocycles. The number of fused-ring (bicyclic) bond motifs is 1. The van der Waals surface area contributed by atoms with Crippen LogP contribution in [0.15, 0.2) is 24.3 Å². The molecule has 0 atom stereocenters. The van der Waals surface area contributed by atoms with Crippen LogP contribution in [0.4, 0.5) is 0 Å². The van der Waals surface area contributed by atoms with Crippen LogP contribution in [-0.2, 0) is 0 Å². The largest absolute Gasteiger partial charge is 0.493 e. The van der Waals surface area contributed by atoms with Gasteiger partial charge in [0.05, 0.1) is 13.2 Å². The average molecular weight is 302 g/mol. The maximum Gasteiger partial charge on any atom is 0.131 e. The van der Waals surface area contributed by atoms with Crippen molar-refractivity contribution in [1.29, 1.82) is 0 Å². The van der Waals surface area contributed by atoms with Gasteiger partial charge < -0.3 is 14.6 Å². The molecule has 0 saturated carbocycles. The molecule has 0 bridgehead atoms. The Morgan fingerprint density at radius 3 is 2.64 bits per heavy atom. The standard InChI is InChI=1S/C19H26O3/c1-6-14(8-9-20)16-10-15-13(3)12-19(4,5)22-18(15)11-17(16)21-7-2/h8,10-12,20H,6-7,9H2,1-5H3/b14-8+. The Kier molecular flexibility index (Phi) is 4.97. The van der Waals surface area contributed by atoms with Gasteiger partial charge in [-0.2, -0.15) is 0 Å². The molecule has 1 aliphatic rings. The predicted octanol–water partition coefficient (Wildman–Crippen LogP) is 4.45. The van der Waals surface area contributed by atoms with E-state index in [-0.39, 0.29) is 12.2 Å². The summed E-state index contributed by atoms with van der Waals surface area (Å²) in [7, 11) is 0. The Bertz CT molecular complexity index is 609. The molecule has 2 rings (SSSR count). The summed E-state index contributed by atoms with van der Waals surface area (Å²) in [6, 6.07) is 4.10. The van der Waals surface area contributed by atoms with Crippen LogP contribution in [-0.4, -0.2) is 23.9 Å². The molecule has 0 spiro atoms. The molecule has 0 aliphatic carbocycles. The Morgan fingerprint density at radius 2 is 2.05 bits per heavy atom. The summed E-state index contributed by atoms with van der Waals surface area (Å²) in [5.74, 6) is 1.67. The van der Waals surface area contributed by atoms with E-state index in [4.69, 9.17) is 9.47 Å². The first-order chi connectivity index (χ1) is 10.4. The van der Waals surface area contributed by atoms with Gasteiger partial charge in [0.15, 0.2) is 0 Å². The second kappa shape index (κ2) is 6.57. The third kappa shape index (κ3) is 3.36. The van der Waals surface area contributed by atoms with Gasteiger partial charge in [-0.05, 0) is 57.4 Å². The zero-order chi connectivity index (χ0) is 16.3. The summed E-state index contributed by atoms with van der Waals surface area (Å²) in [6.07, 6.45) is 4.83. The van der Waals surface area contributed by atoms with Gasteiger partial charge in [0.25, 0.3) is 0 Å². The Labute approximate surface area is 133 Å². The first-order valence-corrected chi connectivity index (χ1v) is 7.91. The zero-order valence-corrected chi connectivity index (χ0v) is 14.2. The third-order valence-electron chi connectivity index (χ3n) is 3.81. The van der Waals surface area contributed by atoms with E-state index in [9.17, 15) is 5.11 Å². The maximum atomic E-state index is 9.26. The second-order valence-corrected chi connectivity index (χ2v) is 6.08. The highest BCUT2D eigenvalue weighted by Crippen LogP contribution is 2.42. The molecule has 0 saturated heterocycles. The van der Waals surface area contributed by atoms with Crippen molar-refractivity contribution in [2.45, 2.75) is 46.6 Å². The van der Waals surface area contributed by atoms with Crippen molar-refractivity contribution in [2.75, 3.05) is 13.2 Å². The normalized spacial score (nSPS) is 16.6. The molecule has 1 N–H and O–H groups in total. The van der Waals surface area contributed by atoms with E-state index in [0.717, 1.165) is 34.6 Å². The number of rotatable bonds is 5. The van der Waals surface area contributed by atoms with Crippen LogP contribution in [0.25, 0.3) is 11.1 Å². The first-order valence-electron chi connectivity index (χ1n) is 7.91. The van der Waals surface area contributed by atoms with E-state index in [1.807, 2.05) is 19.1 Å². The molecule has 0 aromatic heterocycles. The molecular formula is C19H26O3. The number of ether oxygens (including phenoxy) is 2. The smallest absolute Gasteiger partial charge is 0.131 e. The van der Waals surface area contributed by atoms with Gasteiger partial charge in [-0.3, -0.25) is 0 Å². The van der Waals surface area contributed by atoms with Gasteiger partial charge in [-0.15, -0.1) is 0 Å². The minimum Gasteiger partial charge on any atom is -0.493 e. The molecule has 1 aliphatic heterocycles. The fourth-order valence-electron chi connectivity index (χ4n) is 2.95. The van der Waals surface area contributed by atoms with Crippen LogP contribution in [0.2, 0.25) is 0 Å². The summed E-state index contributed by atoms with van der Waals surface area (Å²) in [5.41, 5.74) is 4.11. The predicted molar refractivity (Wildman–Crippen MR) is 91.3 cm³/mol. The van der Waals surface area contributed by atoms with Crippen LogP contribution in [0.3, 0.4) is 0 Å². The summed E-state index contributed by atoms with van der Waals surface area (Å²) >= 11 is 0. The lowest BCUT2D eigenvalue weighted by Gasteiger charge is -2.31. The van der Waals surface area contributed by atoms with Crippen LogP contribution in [0.1, 0.15) is 52.2 Å². The summed E-state index contributed by atoms with van der Waals surface area (Å²) in [5, 5.41) is 9.26. The molecule has 1 heterocycles. The summed E-state index contributed by atoms with van der Waals surface area (Å²) in [4.78, 5) is 0. The van der Waals surface area contributed by atoms with Crippen LogP contribution >= 0.6 is 0 Å². The van der Waals surface area contributed by atoms with Gasteiger partial charge in [0.2, 0.25) is 0 Å². The molecule has 120 valence electrons. The topological polar surface area (TPSA) is 38.7 Å². The zero-order valence-electron chi connectivity index (χ0n) is 14.2. The van der Waals surface area contributed by atoms with Crippen LogP contribution in [0.5, 0.6) is 11.5 Å². The van der Waals surface area contributed by atoms with Gasteiger partial charge in [-0.25, -0.2) is 0 Å². The number of benzene rings is 1. The Morgan fingerprint density at radius 1 is 1.32 bits per heavy atom. The molecule has 0 amide bonds. The van der Waals surface area contributed by atoms with Crippen molar-refractivity contribution < 1.29 is 14.6 Å². The fraction of sp³-hybridized carbons (Fsp3) is 0.474. The van der Waals surface area contributed by atoms with Gasteiger partial charge in [-0.1, -0.05) is 13.0 Å². The molecule has 0 unspecified atom stereocenters. The van der Waals surface area contributed by atoms with E-state index in [1.165, 1.54) is 5.57 Å². The van der Waals surface area contributed by atoms with Crippen molar-refractivity contribution in [1.82, 2.24) is 0 Å². The van der Waals surface area contributed by atoms with E-state index in [1.54, 1.807) is 0 Å². The van der Waals surface area contributed by atoms with Crippen LogP contribution in [0, 0.1) is 0 Å². The van der Waals surface area contributed by atoms with Gasteiger partial charge in [0, 0.05) is 17.2 Å². The maximum absolute atomic E-state index is 9.26. The number of aliphatic hydroxyl groups excluding tert-OH is 1. The number of aliphatic hydroxyl groups is 1. The van der Waals surface area contributed by atoms with Gasteiger partial charge in [0.1, 0.15) is 17.1 Å². The highest BCUT2D eigenvalue weighted by Gasteiger charge is 2.26. The van der Waals surface area contributed by atoms with E-state index in [2.05, 4.69) is 39.8 Å². The van der Waals surface area contributed by atoms with Gasteiger partial charge >= 0.3 is 0 Å². The number of hydrogen-bond donors (Lipinski definition) is 1. The van der Waals surface area contributed by atoms with Crippen molar-refractivity contribution in [2.24, 2.45) is 0 Å². The lowest BCUT2D eigenvalue weighted by atomic mass is 9.91.